The summed E-state index contributed by atoms with van der Waals surface area (Å²) in [6, 6.07) is 6.49. The lowest BCUT2D eigenvalue weighted by Gasteiger charge is -2.35. The number of nitrogens with one attached hydrogen (secondary N) is 6. The molecule has 8 rings (SSSR count). The van der Waals surface area contributed by atoms with E-state index in [0.717, 1.165) is 54.5 Å². The van der Waals surface area contributed by atoms with E-state index in [1.54, 1.807) is 80.9 Å². The predicted molar refractivity (Wildman–Crippen MR) is 300 cm³/mol. The topological polar surface area (TPSA) is 314 Å². The largest absolute Gasteiger partial charge is 0.391 e. The van der Waals surface area contributed by atoms with Crippen molar-refractivity contribution in [1.82, 2.24) is 56.5 Å². The van der Waals surface area contributed by atoms with Crippen molar-refractivity contribution in [2.24, 2.45) is 16.1 Å². The summed E-state index contributed by atoms with van der Waals surface area (Å²) in [6.07, 6.45) is -1.93. The van der Waals surface area contributed by atoms with E-state index in [0.29, 0.717) is 27.9 Å². The number of primary amides is 1. The molecule has 3 aromatic heterocycles. The Bertz CT molecular complexity index is 3210. The van der Waals surface area contributed by atoms with Crippen molar-refractivity contribution in [3.63, 3.8) is 0 Å². The van der Waals surface area contributed by atoms with Gasteiger partial charge in [-0.2, -0.15) is 0 Å². The zero-order valence-corrected chi connectivity index (χ0v) is 47.7. The first-order valence-electron chi connectivity index (χ1n) is 25.4. The molecule has 2 saturated heterocycles. The lowest BCUT2D eigenvalue weighted by molar-refractivity contribution is -0.144. The Hall–Kier alpha value is -7.06. The number of rotatable bonds is 8. The van der Waals surface area contributed by atoms with Gasteiger partial charge in [0.2, 0.25) is 47.3 Å². The van der Waals surface area contributed by atoms with Crippen LogP contribution >= 0.6 is 46.0 Å². The van der Waals surface area contributed by atoms with E-state index in [4.69, 9.17) is 22.3 Å². The van der Waals surface area contributed by atoms with Gasteiger partial charge in [-0.15, -0.1) is 44.6 Å². The average molecular weight is 1160 g/mol. The highest BCUT2D eigenvalue weighted by atomic mass is 35.5. The molecule has 0 radical (unpaired) electrons. The van der Waals surface area contributed by atoms with E-state index in [1.807, 2.05) is 37.5 Å². The number of thioether (sulfide) groups is 1. The maximum absolute atomic E-state index is 14.4. The second-order valence-corrected chi connectivity index (χ2v) is 24.2. The number of benzene rings is 2. The maximum Gasteiger partial charge on any atom is 0.247 e. The number of aliphatic imine (C=N–C) groups is 1. The van der Waals surface area contributed by atoms with Crippen LogP contribution < -0.4 is 37.6 Å². The summed E-state index contributed by atoms with van der Waals surface area (Å²) in [4.78, 5) is 124. The van der Waals surface area contributed by atoms with Crippen molar-refractivity contribution < 1.29 is 43.5 Å². The monoisotopic (exact) mass is 1160 g/mol. The summed E-state index contributed by atoms with van der Waals surface area (Å²) >= 11 is 10.2. The first-order chi connectivity index (χ1) is 37.5. The van der Waals surface area contributed by atoms with Gasteiger partial charge in [-0.3, -0.25) is 47.9 Å². The molecule has 0 aliphatic carbocycles. The Kier molecular flexibility index (Phi) is 18.0. The Labute approximate surface area is 472 Å². The van der Waals surface area contributed by atoms with Crippen molar-refractivity contribution in [3.05, 3.63) is 104 Å². The Balaban J connectivity index is 1.06. The first kappa shape index (κ1) is 58.1. The molecule has 22 nitrogen and oxygen atoms in total. The zero-order valence-electron chi connectivity index (χ0n) is 44.5. The van der Waals surface area contributed by atoms with Crippen LogP contribution in [0.3, 0.4) is 0 Å². The lowest BCUT2D eigenvalue weighted by atomic mass is 9.85. The number of carbonyl (C=O) groups is 8. The van der Waals surface area contributed by atoms with E-state index in [1.165, 1.54) is 16.2 Å². The van der Waals surface area contributed by atoms with Gasteiger partial charge in [0.15, 0.2) is 5.82 Å². The third-order valence-corrected chi connectivity index (χ3v) is 17.3. The van der Waals surface area contributed by atoms with E-state index in [-0.39, 0.29) is 37.4 Å². The highest BCUT2D eigenvalue weighted by Crippen LogP contribution is 2.40. The molecule has 79 heavy (non-hydrogen) atoms. The molecule has 2 aromatic carbocycles. The molecular weight excluding hydrogens is 1090 g/mol. The van der Waals surface area contributed by atoms with Crippen LogP contribution in [0.15, 0.2) is 59.0 Å². The summed E-state index contributed by atoms with van der Waals surface area (Å²) in [7, 11) is 0. The van der Waals surface area contributed by atoms with Gasteiger partial charge < -0.3 is 47.6 Å². The number of thiophene rings is 1. The van der Waals surface area contributed by atoms with Crippen molar-refractivity contribution >= 4 is 99.0 Å². The number of fused-ring (bicyclic) bond motifs is 4. The molecule has 3 aliphatic rings. The van der Waals surface area contributed by atoms with Gasteiger partial charge in [0.05, 0.1) is 40.1 Å². The molecule has 9 N–H and O–H groups in total. The van der Waals surface area contributed by atoms with Gasteiger partial charge in [-0.05, 0) is 61.9 Å². The minimum atomic E-state index is -1.51. The minimum Gasteiger partial charge on any atom is -0.391 e. The predicted octanol–water partition coefficient (Wildman–Crippen LogP) is 2.80. The van der Waals surface area contributed by atoms with Crippen LogP contribution in [0.1, 0.15) is 96.6 Å². The molecule has 26 heteroatoms. The SMILES string of the molecule is Cc1ncsc1-c1ccc(C2NC(=O)[C@@H]3C[C@@H](O)CN3C(=O)[C@H](C(C)(C)C)NC(=O)CSC[C@H](C(N)=O)NC(=O)[C@@H](CNC(=O)C[C@@H]3N=C(c4ccc(Cl)cc4)c4c(sc(C)c4C)-n4c(C)nnc43)NC(=O)CCNC2=O)cc1. The van der Waals surface area contributed by atoms with E-state index in [9.17, 15) is 43.5 Å². The van der Waals surface area contributed by atoms with Crippen molar-refractivity contribution in [2.45, 2.75) is 110 Å². The van der Waals surface area contributed by atoms with Crippen LogP contribution in [-0.2, 0) is 38.4 Å². The number of nitrogens with two attached hydrogens (primary N) is 1. The molecule has 5 aromatic rings. The highest BCUT2D eigenvalue weighted by Gasteiger charge is 2.45. The Morgan fingerprint density at radius 2 is 1.59 bits per heavy atom. The average Bonchev–Trinajstić information content (AvgIpc) is 4.21. The second kappa shape index (κ2) is 24.5. The Morgan fingerprint density at radius 3 is 2.27 bits per heavy atom. The lowest BCUT2D eigenvalue weighted by Crippen LogP contribution is -2.58. The number of aliphatic hydroxyl groups is 1. The van der Waals surface area contributed by atoms with Crippen molar-refractivity contribution in [3.8, 4) is 15.4 Å². The van der Waals surface area contributed by atoms with E-state index in [2.05, 4.69) is 47.1 Å². The fourth-order valence-electron chi connectivity index (χ4n) is 9.48. The number of hydrogen-bond donors (Lipinski definition) is 8. The quantitative estimate of drug-likeness (QED) is 0.111. The third kappa shape index (κ3) is 13.3. The first-order valence-corrected chi connectivity index (χ1v) is 28.7. The Morgan fingerprint density at radius 1 is 0.886 bits per heavy atom. The van der Waals surface area contributed by atoms with Gasteiger partial charge in [-0.1, -0.05) is 68.8 Å². The number of aryl methyl sites for hydroxylation is 3. The summed E-state index contributed by atoms with van der Waals surface area (Å²) < 4.78 is 1.88. The molecule has 0 saturated carbocycles. The second-order valence-electron chi connectivity index (χ2n) is 20.6. The van der Waals surface area contributed by atoms with E-state index < -0.39 is 108 Å². The molecular formula is C53H62ClN13O9S3. The number of amides is 8. The van der Waals surface area contributed by atoms with Gasteiger partial charge in [0, 0.05) is 59.3 Å². The molecule has 0 spiro atoms. The number of thiazole rings is 1. The van der Waals surface area contributed by atoms with Crippen LogP contribution in [0.2, 0.25) is 5.02 Å². The van der Waals surface area contributed by atoms with Crippen molar-refractivity contribution in [1.29, 1.82) is 0 Å². The summed E-state index contributed by atoms with van der Waals surface area (Å²) in [6.45, 7) is 11.8. The number of carbonyl (C=O) groups excluding carboxylic acids is 8. The smallest absolute Gasteiger partial charge is 0.247 e. The molecule has 418 valence electrons. The normalized spacial score (nSPS) is 23.0. The van der Waals surface area contributed by atoms with Crippen LogP contribution in [0.25, 0.3) is 15.4 Å². The molecule has 1 unspecified atom stereocenters. The summed E-state index contributed by atoms with van der Waals surface area (Å²) in [5, 5.41) is 37.2. The van der Waals surface area contributed by atoms with Crippen LogP contribution in [0.4, 0.5) is 0 Å². The number of halogens is 1. The fourth-order valence-corrected chi connectivity index (χ4v) is 12.5. The van der Waals surface area contributed by atoms with Crippen LogP contribution in [0.5, 0.6) is 0 Å². The van der Waals surface area contributed by atoms with Crippen LogP contribution in [0, 0.1) is 33.1 Å². The fraction of sp³-hybridized carbons (Fsp3) is 0.434. The van der Waals surface area contributed by atoms with Gasteiger partial charge in [0.1, 0.15) is 47.1 Å². The molecule has 0 bridgehead atoms. The highest BCUT2D eigenvalue weighted by molar-refractivity contribution is 8.00. The summed E-state index contributed by atoms with van der Waals surface area (Å²) in [5.41, 5.74) is 11.8. The minimum absolute atomic E-state index is 0.157. The zero-order chi connectivity index (χ0) is 57.0. The van der Waals surface area contributed by atoms with Crippen LogP contribution in [-0.4, -0.2) is 144 Å². The summed E-state index contributed by atoms with van der Waals surface area (Å²) in [5.74, 6) is -5.47. The number of hydrogen-bond acceptors (Lipinski definition) is 16. The number of nitrogens with zero attached hydrogens (tertiary/aromatic N) is 6. The van der Waals surface area contributed by atoms with Gasteiger partial charge in [0.25, 0.3) is 0 Å². The molecule has 7 atom stereocenters. The maximum atomic E-state index is 14.4. The van der Waals surface area contributed by atoms with Gasteiger partial charge >= 0.3 is 0 Å². The number of aromatic nitrogens is 4. The molecule has 6 heterocycles. The van der Waals surface area contributed by atoms with Crippen molar-refractivity contribution in [2.75, 3.05) is 31.1 Å². The molecule has 3 aliphatic heterocycles. The molecule has 8 amide bonds. The third-order valence-electron chi connectivity index (χ3n) is 13.8. The standard InChI is InChI=1S/C53H62ClN13O9S3/c1-25-27(3)79-52-41(25)42(29-12-14-32(54)15-13-29)60-34(47-65-64-28(4)67(47)52)19-39(70)57-20-35-48(73)61-36(46(55)72)22-77-23-40(71)62-45(53(5,6)7)51(76)66-21-33(68)18-37(66)49(74)63-43(50(75)56-17-16-38(69)59-35)30-8-10-31(11-9-30)44-26(2)58-24-78-44/h8-15,24,33-37,43,45,68H,16-23H2,1-7H3,(H2,55,72)(H,56,75)(H,57,70)(H,59,69)(H,61,73)(H,62,71)(H,63,74)/t33-,34+,35-,36-,37+,43?,45-/m1/s1. The number of aliphatic hydroxyl groups excluding tert-OH is 1. The van der Waals surface area contributed by atoms with Gasteiger partial charge in [-0.25, -0.2) is 4.98 Å². The van der Waals surface area contributed by atoms with E-state index >= 15 is 0 Å². The molecule has 2 fully saturated rings.